The zero-order valence-corrected chi connectivity index (χ0v) is 19.6. The van der Waals surface area contributed by atoms with E-state index in [0.717, 1.165) is 0 Å². The summed E-state index contributed by atoms with van der Waals surface area (Å²) in [6.45, 7) is 3.58. The summed E-state index contributed by atoms with van der Waals surface area (Å²) in [5.74, 6) is -5.06. The lowest BCUT2D eigenvalue weighted by Crippen LogP contribution is -2.58. The quantitative estimate of drug-likeness (QED) is 0.234. The number of hydrogen-bond donors (Lipinski definition) is 6. The van der Waals surface area contributed by atoms with Crippen LogP contribution in [0.3, 0.4) is 0 Å². The van der Waals surface area contributed by atoms with Crippen LogP contribution in [0, 0.1) is 5.92 Å². The molecule has 3 amide bonds. The van der Waals surface area contributed by atoms with E-state index in [1.807, 2.05) is 0 Å². The maximum atomic E-state index is 13.3. The van der Waals surface area contributed by atoms with Crippen molar-refractivity contribution in [2.75, 3.05) is 6.54 Å². The number of rotatable bonds is 11. The van der Waals surface area contributed by atoms with Gasteiger partial charge in [-0.1, -0.05) is 26.0 Å². The van der Waals surface area contributed by atoms with Crippen LogP contribution in [0.4, 0.5) is 0 Å². The number of aromatic hydroxyl groups is 1. The minimum atomic E-state index is -1.51. The number of nitrogens with zero attached hydrogens (tertiary/aromatic N) is 1. The van der Waals surface area contributed by atoms with Gasteiger partial charge in [0.25, 0.3) is 0 Å². The molecule has 0 spiro atoms. The molecular formula is C23H32N4O8. The van der Waals surface area contributed by atoms with E-state index in [0.29, 0.717) is 12.0 Å². The molecule has 0 aromatic heterocycles. The SMILES string of the molecule is CC(C)C(N)C(=O)NC(CC(=O)O)C(=O)NC(Cc1ccc(O)cc1)C(=O)N1CCCC1C(=O)O. The maximum absolute atomic E-state index is 13.3. The highest BCUT2D eigenvalue weighted by Crippen LogP contribution is 2.20. The number of phenolic OH excluding ortho intramolecular Hbond substituents is 1. The van der Waals surface area contributed by atoms with Crippen LogP contribution in [0.15, 0.2) is 24.3 Å². The molecule has 35 heavy (non-hydrogen) atoms. The highest BCUT2D eigenvalue weighted by molar-refractivity contribution is 5.96. The fraction of sp³-hybridized carbons (Fsp3) is 0.522. The molecule has 12 nitrogen and oxygen atoms in total. The molecule has 1 aromatic rings. The predicted molar refractivity (Wildman–Crippen MR) is 123 cm³/mol. The Balaban J connectivity index is 2.29. The largest absolute Gasteiger partial charge is 0.508 e. The summed E-state index contributed by atoms with van der Waals surface area (Å²) >= 11 is 0. The van der Waals surface area contributed by atoms with Crippen molar-refractivity contribution in [1.82, 2.24) is 15.5 Å². The summed E-state index contributed by atoms with van der Waals surface area (Å²) in [5.41, 5.74) is 6.36. The number of benzene rings is 1. The van der Waals surface area contributed by atoms with E-state index >= 15 is 0 Å². The van der Waals surface area contributed by atoms with Gasteiger partial charge >= 0.3 is 11.9 Å². The molecule has 4 atom stereocenters. The summed E-state index contributed by atoms with van der Waals surface area (Å²) in [7, 11) is 0. The second-order valence-corrected chi connectivity index (χ2v) is 8.89. The lowest BCUT2D eigenvalue weighted by molar-refractivity contribution is -0.149. The van der Waals surface area contributed by atoms with Crippen molar-refractivity contribution >= 4 is 29.7 Å². The first-order chi connectivity index (χ1) is 16.4. The van der Waals surface area contributed by atoms with Gasteiger partial charge in [0.05, 0.1) is 12.5 Å². The Labute approximate surface area is 202 Å². The number of nitrogens with two attached hydrogens (primary N) is 1. The number of carbonyl (C=O) groups excluding carboxylic acids is 3. The number of phenols is 1. The molecule has 1 saturated heterocycles. The van der Waals surface area contributed by atoms with Gasteiger partial charge in [-0.3, -0.25) is 19.2 Å². The third-order valence-electron chi connectivity index (χ3n) is 5.84. The van der Waals surface area contributed by atoms with Crippen LogP contribution in [-0.2, 0) is 30.4 Å². The number of nitrogens with one attached hydrogen (secondary N) is 2. The molecule has 0 radical (unpaired) electrons. The molecule has 2 rings (SSSR count). The number of carboxylic acid groups (broad SMARTS) is 2. The van der Waals surface area contributed by atoms with E-state index in [1.165, 1.54) is 17.0 Å². The zero-order valence-electron chi connectivity index (χ0n) is 19.6. The standard InChI is InChI=1S/C23H32N4O8/c1-12(2)19(24)21(32)25-15(11-18(29)30)20(31)26-16(10-13-5-7-14(28)8-6-13)22(33)27-9-3-4-17(27)23(34)35/h5-8,12,15-17,19,28H,3-4,9-11,24H2,1-2H3,(H,25,32)(H,26,31)(H,29,30)(H,34,35). The molecule has 0 aliphatic carbocycles. The maximum Gasteiger partial charge on any atom is 0.326 e. The Kier molecular flexibility index (Phi) is 9.58. The summed E-state index contributed by atoms with van der Waals surface area (Å²) in [6, 6.07) is 1.12. The number of aliphatic carboxylic acids is 2. The van der Waals surface area contributed by atoms with E-state index in [1.54, 1.807) is 26.0 Å². The van der Waals surface area contributed by atoms with E-state index < -0.39 is 60.2 Å². The number of likely N-dealkylation sites (tertiary alicyclic amines) is 1. The van der Waals surface area contributed by atoms with Crippen molar-refractivity contribution in [2.45, 2.75) is 63.7 Å². The minimum Gasteiger partial charge on any atom is -0.508 e. The first-order valence-corrected chi connectivity index (χ1v) is 11.3. The van der Waals surface area contributed by atoms with Crippen LogP contribution >= 0.6 is 0 Å². The summed E-state index contributed by atoms with van der Waals surface area (Å²) in [6.07, 6.45) is -0.0456. The monoisotopic (exact) mass is 492 g/mol. The van der Waals surface area contributed by atoms with Crippen molar-refractivity contribution < 1.29 is 39.3 Å². The lowest BCUT2D eigenvalue weighted by atomic mass is 10.0. The topological polar surface area (TPSA) is 199 Å². The predicted octanol–water partition coefficient (Wildman–Crippen LogP) is -0.562. The van der Waals surface area contributed by atoms with E-state index in [9.17, 15) is 39.3 Å². The molecule has 0 saturated carbocycles. The van der Waals surface area contributed by atoms with Gasteiger partial charge in [-0.25, -0.2) is 4.79 Å². The smallest absolute Gasteiger partial charge is 0.326 e. The Hall–Kier alpha value is -3.67. The summed E-state index contributed by atoms with van der Waals surface area (Å²) in [5, 5.41) is 33.1. The highest BCUT2D eigenvalue weighted by Gasteiger charge is 2.38. The fourth-order valence-corrected chi connectivity index (χ4v) is 3.78. The third kappa shape index (κ3) is 7.67. The van der Waals surface area contributed by atoms with Gasteiger partial charge in [0, 0.05) is 13.0 Å². The van der Waals surface area contributed by atoms with E-state index in [4.69, 9.17) is 5.73 Å². The van der Waals surface area contributed by atoms with Crippen LogP contribution in [0.5, 0.6) is 5.75 Å². The number of amides is 3. The molecule has 192 valence electrons. The zero-order chi connectivity index (χ0) is 26.3. The lowest BCUT2D eigenvalue weighted by Gasteiger charge is -2.29. The van der Waals surface area contributed by atoms with Gasteiger partial charge in [-0.15, -0.1) is 0 Å². The average molecular weight is 493 g/mol. The van der Waals surface area contributed by atoms with Gasteiger partial charge < -0.3 is 36.6 Å². The Bertz CT molecular complexity index is 949. The summed E-state index contributed by atoms with van der Waals surface area (Å²) in [4.78, 5) is 62.8. The molecular weight excluding hydrogens is 460 g/mol. The number of carbonyl (C=O) groups is 5. The minimum absolute atomic E-state index is 0.00290. The molecule has 1 fully saturated rings. The van der Waals surface area contributed by atoms with E-state index in [2.05, 4.69) is 10.6 Å². The molecule has 12 heteroatoms. The second kappa shape index (κ2) is 12.2. The van der Waals surface area contributed by atoms with Gasteiger partial charge in [-0.2, -0.15) is 0 Å². The van der Waals surface area contributed by atoms with Gasteiger partial charge in [0.1, 0.15) is 23.9 Å². The van der Waals surface area contributed by atoms with Gasteiger partial charge in [-0.05, 0) is 36.5 Å². The molecule has 1 heterocycles. The third-order valence-corrected chi connectivity index (χ3v) is 5.84. The van der Waals surface area contributed by atoms with Crippen molar-refractivity contribution in [3.05, 3.63) is 29.8 Å². The number of carboxylic acids is 2. The highest BCUT2D eigenvalue weighted by atomic mass is 16.4. The van der Waals surface area contributed by atoms with E-state index in [-0.39, 0.29) is 31.1 Å². The van der Waals surface area contributed by atoms with Crippen molar-refractivity contribution in [3.63, 3.8) is 0 Å². The van der Waals surface area contributed by atoms with Gasteiger partial charge in [0.15, 0.2) is 0 Å². The molecule has 0 bridgehead atoms. The average Bonchev–Trinajstić information content (AvgIpc) is 3.28. The van der Waals surface area contributed by atoms with Gasteiger partial charge in [0.2, 0.25) is 17.7 Å². The normalized spacial score (nSPS) is 17.9. The number of hydrogen-bond acceptors (Lipinski definition) is 7. The van der Waals surface area contributed by atoms with Crippen molar-refractivity contribution in [2.24, 2.45) is 11.7 Å². The van der Waals surface area contributed by atoms with Crippen molar-refractivity contribution in [3.8, 4) is 5.75 Å². The molecule has 1 aromatic carbocycles. The first-order valence-electron chi connectivity index (χ1n) is 11.3. The van der Waals surface area contributed by atoms with Crippen LogP contribution in [0.1, 0.15) is 38.7 Å². The van der Waals surface area contributed by atoms with Crippen LogP contribution in [0.2, 0.25) is 0 Å². The first kappa shape index (κ1) is 27.6. The molecule has 4 unspecified atom stereocenters. The van der Waals surface area contributed by atoms with Crippen molar-refractivity contribution in [1.29, 1.82) is 0 Å². The summed E-state index contributed by atoms with van der Waals surface area (Å²) < 4.78 is 0. The van der Waals surface area contributed by atoms with Crippen LogP contribution in [0.25, 0.3) is 0 Å². The molecule has 7 N–H and O–H groups in total. The second-order valence-electron chi connectivity index (χ2n) is 8.89. The molecule has 1 aliphatic heterocycles. The Morgan fingerprint density at radius 3 is 2.17 bits per heavy atom. The van der Waals surface area contributed by atoms with Crippen LogP contribution < -0.4 is 16.4 Å². The van der Waals surface area contributed by atoms with Crippen LogP contribution in [-0.4, -0.2) is 80.6 Å². The Morgan fingerprint density at radius 1 is 1.03 bits per heavy atom. The fourth-order valence-electron chi connectivity index (χ4n) is 3.78. The molecule has 1 aliphatic rings. The Morgan fingerprint density at radius 2 is 1.63 bits per heavy atom.